The number of primary amides is 1. The summed E-state index contributed by atoms with van der Waals surface area (Å²) in [5.41, 5.74) is 10.9. The standard InChI is InChI=1S/C14H10FN3O2/c15-11-6-12(17)10(14(18)19)5-13(11)20-9-3-1-2-8(4-9)7-16/h1-6H,17H2,(H2,18,19). The third-order valence-electron chi connectivity index (χ3n) is 2.56. The minimum absolute atomic E-state index is 0.0298. The first-order chi connectivity index (χ1) is 9.51. The molecule has 4 N–H and O–H groups in total. The highest BCUT2D eigenvalue weighted by Gasteiger charge is 2.13. The number of nitrogen functional groups attached to an aromatic ring is 1. The van der Waals surface area contributed by atoms with E-state index in [1.165, 1.54) is 6.07 Å². The van der Waals surface area contributed by atoms with Crippen LogP contribution in [-0.4, -0.2) is 5.91 Å². The molecule has 0 aliphatic rings. The van der Waals surface area contributed by atoms with Crippen LogP contribution in [0.3, 0.4) is 0 Å². The average molecular weight is 271 g/mol. The highest BCUT2D eigenvalue weighted by Crippen LogP contribution is 2.28. The fraction of sp³-hybridized carbons (Fsp3) is 0. The van der Waals surface area contributed by atoms with E-state index in [-0.39, 0.29) is 22.7 Å². The van der Waals surface area contributed by atoms with Gasteiger partial charge < -0.3 is 16.2 Å². The second kappa shape index (κ2) is 5.28. The molecular formula is C14H10FN3O2. The van der Waals surface area contributed by atoms with Crippen LogP contribution in [0.25, 0.3) is 0 Å². The highest BCUT2D eigenvalue weighted by atomic mass is 19.1. The molecule has 0 unspecified atom stereocenters. The summed E-state index contributed by atoms with van der Waals surface area (Å²) < 4.78 is 19.0. The number of amides is 1. The first-order valence-corrected chi connectivity index (χ1v) is 5.58. The summed E-state index contributed by atoms with van der Waals surface area (Å²) in [6.07, 6.45) is 0. The number of anilines is 1. The van der Waals surface area contributed by atoms with Crippen molar-refractivity contribution in [2.24, 2.45) is 5.73 Å². The quantitative estimate of drug-likeness (QED) is 0.835. The van der Waals surface area contributed by atoms with Gasteiger partial charge in [-0.15, -0.1) is 0 Å². The number of carbonyl (C=O) groups excluding carboxylic acids is 1. The van der Waals surface area contributed by atoms with Crippen LogP contribution >= 0.6 is 0 Å². The molecule has 100 valence electrons. The number of rotatable bonds is 3. The van der Waals surface area contributed by atoms with Crippen molar-refractivity contribution in [2.75, 3.05) is 5.73 Å². The molecule has 0 saturated heterocycles. The van der Waals surface area contributed by atoms with Crippen LogP contribution in [0.15, 0.2) is 36.4 Å². The molecule has 0 spiro atoms. The Morgan fingerprint density at radius 2 is 2.05 bits per heavy atom. The molecule has 0 aromatic heterocycles. The molecule has 0 radical (unpaired) electrons. The van der Waals surface area contributed by atoms with Crippen LogP contribution in [-0.2, 0) is 0 Å². The largest absolute Gasteiger partial charge is 0.454 e. The van der Waals surface area contributed by atoms with Crippen LogP contribution in [0.1, 0.15) is 15.9 Å². The summed E-state index contributed by atoms with van der Waals surface area (Å²) in [6.45, 7) is 0. The lowest BCUT2D eigenvalue weighted by Crippen LogP contribution is -2.14. The van der Waals surface area contributed by atoms with E-state index >= 15 is 0 Å². The van der Waals surface area contributed by atoms with Crippen LogP contribution in [0.5, 0.6) is 11.5 Å². The molecule has 6 heteroatoms. The molecule has 0 aliphatic carbocycles. The maximum atomic E-state index is 13.7. The predicted molar refractivity (Wildman–Crippen MR) is 70.6 cm³/mol. The van der Waals surface area contributed by atoms with Gasteiger partial charge in [-0.25, -0.2) is 4.39 Å². The molecule has 2 aromatic rings. The van der Waals surface area contributed by atoms with Gasteiger partial charge in [0.05, 0.1) is 17.2 Å². The van der Waals surface area contributed by atoms with Crippen molar-refractivity contribution in [3.8, 4) is 17.6 Å². The molecule has 0 fully saturated rings. The van der Waals surface area contributed by atoms with E-state index in [9.17, 15) is 9.18 Å². The number of nitrogens with zero attached hydrogens (tertiary/aromatic N) is 1. The normalized spacial score (nSPS) is 9.80. The predicted octanol–water partition coefficient (Wildman–Crippen LogP) is 2.17. The summed E-state index contributed by atoms with van der Waals surface area (Å²) in [7, 11) is 0. The fourth-order valence-electron chi connectivity index (χ4n) is 1.62. The van der Waals surface area contributed by atoms with E-state index in [1.807, 2.05) is 6.07 Å². The second-order valence-electron chi connectivity index (χ2n) is 3.98. The summed E-state index contributed by atoms with van der Waals surface area (Å²) in [5, 5.41) is 8.78. The van der Waals surface area contributed by atoms with Crippen molar-refractivity contribution >= 4 is 11.6 Å². The number of nitriles is 1. The summed E-state index contributed by atoms with van der Waals surface area (Å²) in [4.78, 5) is 11.2. The zero-order valence-corrected chi connectivity index (χ0v) is 10.3. The van der Waals surface area contributed by atoms with Crippen LogP contribution in [0.2, 0.25) is 0 Å². The minimum Gasteiger partial charge on any atom is -0.454 e. The van der Waals surface area contributed by atoms with Crippen LogP contribution in [0, 0.1) is 17.1 Å². The van der Waals surface area contributed by atoms with Crippen LogP contribution < -0.4 is 16.2 Å². The number of ether oxygens (including phenoxy) is 1. The van der Waals surface area contributed by atoms with E-state index in [1.54, 1.807) is 18.2 Å². The van der Waals surface area contributed by atoms with Gasteiger partial charge in [-0.2, -0.15) is 5.26 Å². The lowest BCUT2D eigenvalue weighted by Gasteiger charge is -2.09. The van der Waals surface area contributed by atoms with Gasteiger partial charge in [0, 0.05) is 11.8 Å². The van der Waals surface area contributed by atoms with Gasteiger partial charge in [0.2, 0.25) is 0 Å². The summed E-state index contributed by atoms with van der Waals surface area (Å²) in [6, 6.07) is 10.2. The zero-order chi connectivity index (χ0) is 14.7. The molecule has 0 heterocycles. The monoisotopic (exact) mass is 271 g/mol. The number of nitrogens with two attached hydrogens (primary N) is 2. The smallest absolute Gasteiger partial charge is 0.250 e. The Morgan fingerprint density at radius 3 is 2.70 bits per heavy atom. The van der Waals surface area contributed by atoms with Gasteiger partial charge in [-0.3, -0.25) is 4.79 Å². The van der Waals surface area contributed by atoms with Crippen molar-refractivity contribution < 1.29 is 13.9 Å². The highest BCUT2D eigenvalue weighted by molar-refractivity contribution is 5.98. The van der Waals surface area contributed by atoms with E-state index in [4.69, 9.17) is 21.5 Å². The van der Waals surface area contributed by atoms with E-state index < -0.39 is 11.7 Å². The Kier molecular flexibility index (Phi) is 3.53. The number of halogens is 1. The number of hydrogen-bond donors (Lipinski definition) is 2. The molecule has 5 nitrogen and oxygen atoms in total. The van der Waals surface area contributed by atoms with Gasteiger partial charge in [-0.1, -0.05) is 6.07 Å². The fourth-order valence-corrected chi connectivity index (χ4v) is 1.62. The molecule has 2 rings (SSSR count). The van der Waals surface area contributed by atoms with Crippen molar-refractivity contribution in [1.29, 1.82) is 5.26 Å². The van der Waals surface area contributed by atoms with Gasteiger partial charge in [0.15, 0.2) is 11.6 Å². The van der Waals surface area contributed by atoms with Crippen molar-refractivity contribution in [3.63, 3.8) is 0 Å². The Balaban J connectivity index is 2.40. The molecule has 20 heavy (non-hydrogen) atoms. The number of hydrogen-bond acceptors (Lipinski definition) is 4. The maximum absolute atomic E-state index is 13.7. The molecule has 0 atom stereocenters. The number of benzene rings is 2. The minimum atomic E-state index is -0.780. The zero-order valence-electron chi connectivity index (χ0n) is 10.3. The summed E-state index contributed by atoms with van der Waals surface area (Å²) >= 11 is 0. The first-order valence-electron chi connectivity index (χ1n) is 5.58. The van der Waals surface area contributed by atoms with Crippen molar-refractivity contribution in [3.05, 3.63) is 53.3 Å². The summed E-state index contributed by atoms with van der Waals surface area (Å²) in [5.74, 6) is -1.43. The molecule has 0 bridgehead atoms. The van der Waals surface area contributed by atoms with Crippen molar-refractivity contribution in [1.82, 2.24) is 0 Å². The molecule has 1 amide bonds. The van der Waals surface area contributed by atoms with E-state index in [0.29, 0.717) is 5.56 Å². The Morgan fingerprint density at radius 1 is 1.30 bits per heavy atom. The van der Waals surface area contributed by atoms with Gasteiger partial charge in [0.25, 0.3) is 5.91 Å². The SMILES string of the molecule is N#Cc1cccc(Oc2cc(C(N)=O)c(N)cc2F)c1. The first kappa shape index (κ1) is 13.4. The lowest BCUT2D eigenvalue weighted by atomic mass is 10.1. The Hall–Kier alpha value is -3.07. The average Bonchev–Trinajstić information content (AvgIpc) is 2.41. The second-order valence-corrected chi connectivity index (χ2v) is 3.98. The molecule has 2 aromatic carbocycles. The van der Waals surface area contributed by atoms with E-state index in [0.717, 1.165) is 12.1 Å². The number of carbonyl (C=O) groups is 1. The van der Waals surface area contributed by atoms with Gasteiger partial charge in [0.1, 0.15) is 5.75 Å². The van der Waals surface area contributed by atoms with Crippen LogP contribution in [0.4, 0.5) is 10.1 Å². The maximum Gasteiger partial charge on any atom is 0.250 e. The third-order valence-corrected chi connectivity index (χ3v) is 2.56. The lowest BCUT2D eigenvalue weighted by molar-refractivity contribution is 0.100. The Labute approximate surface area is 114 Å². The van der Waals surface area contributed by atoms with E-state index in [2.05, 4.69) is 0 Å². The van der Waals surface area contributed by atoms with Gasteiger partial charge in [-0.05, 0) is 24.3 Å². The topological polar surface area (TPSA) is 102 Å². The van der Waals surface area contributed by atoms with Gasteiger partial charge >= 0.3 is 0 Å². The Bertz CT molecular complexity index is 723. The van der Waals surface area contributed by atoms with Crippen molar-refractivity contribution in [2.45, 2.75) is 0 Å². The third kappa shape index (κ3) is 2.67. The molecule has 0 saturated carbocycles. The molecular weight excluding hydrogens is 261 g/mol. The molecule has 0 aliphatic heterocycles.